The Morgan fingerprint density at radius 2 is 2.33 bits per heavy atom. The van der Waals surface area contributed by atoms with Gasteiger partial charge in [-0.15, -0.1) is 0 Å². The van der Waals surface area contributed by atoms with Crippen LogP contribution in [0.25, 0.3) is 10.9 Å². The standard InChI is InChI=1S/C10H12N2O2S/c13-5-9(14)4-11-8-1-2-10-7(3-8)6-15-12-10/h1-3,6,9,11,13-14H,4-5H2. The van der Waals surface area contributed by atoms with Crippen molar-refractivity contribution in [2.75, 3.05) is 18.5 Å². The van der Waals surface area contributed by atoms with Crippen LogP contribution < -0.4 is 5.32 Å². The van der Waals surface area contributed by atoms with Crippen LogP contribution in [-0.2, 0) is 0 Å². The molecule has 4 nitrogen and oxygen atoms in total. The second-order valence-corrected chi connectivity index (χ2v) is 3.93. The lowest BCUT2D eigenvalue weighted by atomic mass is 10.2. The first-order valence-electron chi connectivity index (χ1n) is 4.66. The van der Waals surface area contributed by atoms with Gasteiger partial charge in [0.1, 0.15) is 0 Å². The van der Waals surface area contributed by atoms with Gasteiger partial charge in [0.15, 0.2) is 0 Å². The van der Waals surface area contributed by atoms with Crippen LogP contribution in [0.3, 0.4) is 0 Å². The molecule has 0 bridgehead atoms. The number of hydrogen-bond acceptors (Lipinski definition) is 5. The third kappa shape index (κ3) is 2.44. The van der Waals surface area contributed by atoms with Gasteiger partial charge in [0.2, 0.25) is 0 Å². The summed E-state index contributed by atoms with van der Waals surface area (Å²) in [6.45, 7) is 0.120. The van der Waals surface area contributed by atoms with Crippen molar-refractivity contribution in [3.63, 3.8) is 0 Å². The highest BCUT2D eigenvalue weighted by Gasteiger charge is 2.02. The normalized spacial score (nSPS) is 12.9. The maximum absolute atomic E-state index is 9.17. The van der Waals surface area contributed by atoms with Gasteiger partial charge < -0.3 is 15.5 Å². The molecular formula is C10H12N2O2S. The van der Waals surface area contributed by atoms with Gasteiger partial charge in [0.05, 0.1) is 18.2 Å². The summed E-state index contributed by atoms with van der Waals surface area (Å²) in [6, 6.07) is 5.81. The van der Waals surface area contributed by atoms with E-state index in [1.54, 1.807) is 0 Å². The van der Waals surface area contributed by atoms with E-state index in [0.29, 0.717) is 6.54 Å². The van der Waals surface area contributed by atoms with Gasteiger partial charge in [0.25, 0.3) is 0 Å². The largest absolute Gasteiger partial charge is 0.394 e. The van der Waals surface area contributed by atoms with E-state index < -0.39 is 6.10 Å². The van der Waals surface area contributed by atoms with Gasteiger partial charge >= 0.3 is 0 Å². The molecule has 1 heterocycles. The van der Waals surface area contributed by atoms with E-state index >= 15 is 0 Å². The zero-order valence-electron chi connectivity index (χ0n) is 8.05. The first-order valence-corrected chi connectivity index (χ1v) is 5.50. The quantitative estimate of drug-likeness (QED) is 0.726. The predicted octanol–water partition coefficient (Wildman–Crippen LogP) is 1.06. The summed E-state index contributed by atoms with van der Waals surface area (Å²) < 4.78 is 4.20. The van der Waals surface area contributed by atoms with Crippen LogP contribution in [0, 0.1) is 0 Å². The van der Waals surface area contributed by atoms with E-state index in [2.05, 4.69) is 9.69 Å². The fraction of sp³-hybridized carbons (Fsp3) is 0.300. The van der Waals surface area contributed by atoms with Crippen LogP contribution in [0.1, 0.15) is 0 Å². The van der Waals surface area contributed by atoms with Crippen molar-refractivity contribution >= 4 is 28.1 Å². The van der Waals surface area contributed by atoms with Crippen molar-refractivity contribution in [2.45, 2.75) is 6.10 Å². The van der Waals surface area contributed by atoms with E-state index in [1.165, 1.54) is 11.5 Å². The van der Waals surface area contributed by atoms with Gasteiger partial charge in [-0.3, -0.25) is 0 Å². The third-order valence-electron chi connectivity index (χ3n) is 2.11. The molecule has 0 fully saturated rings. The molecule has 0 radical (unpaired) electrons. The topological polar surface area (TPSA) is 65.4 Å². The molecule has 1 unspecified atom stereocenters. The zero-order chi connectivity index (χ0) is 10.7. The fourth-order valence-electron chi connectivity index (χ4n) is 1.28. The molecule has 1 aromatic carbocycles. The summed E-state index contributed by atoms with van der Waals surface area (Å²) in [7, 11) is 0. The summed E-state index contributed by atoms with van der Waals surface area (Å²) in [5, 5.41) is 23.9. The smallest absolute Gasteiger partial charge is 0.0942 e. The number of hydrogen-bond donors (Lipinski definition) is 3. The van der Waals surface area contributed by atoms with E-state index in [9.17, 15) is 0 Å². The summed E-state index contributed by atoms with van der Waals surface area (Å²) in [6.07, 6.45) is -0.721. The molecule has 0 amide bonds. The molecule has 1 atom stereocenters. The molecule has 0 aliphatic heterocycles. The Morgan fingerprint density at radius 3 is 3.13 bits per heavy atom. The number of benzene rings is 1. The van der Waals surface area contributed by atoms with Gasteiger partial charge in [0, 0.05) is 23.0 Å². The molecular weight excluding hydrogens is 212 g/mol. The minimum atomic E-state index is -0.721. The van der Waals surface area contributed by atoms with Crippen molar-refractivity contribution in [1.29, 1.82) is 0 Å². The monoisotopic (exact) mass is 224 g/mol. The molecule has 0 spiro atoms. The van der Waals surface area contributed by atoms with Gasteiger partial charge in [-0.2, -0.15) is 4.37 Å². The predicted molar refractivity (Wildman–Crippen MR) is 61.2 cm³/mol. The molecule has 0 aliphatic rings. The van der Waals surface area contributed by atoms with E-state index in [0.717, 1.165) is 16.6 Å². The number of aliphatic hydroxyl groups is 2. The highest BCUT2D eigenvalue weighted by molar-refractivity contribution is 7.04. The number of aliphatic hydroxyl groups excluding tert-OH is 2. The molecule has 2 rings (SSSR count). The lowest BCUT2D eigenvalue weighted by Crippen LogP contribution is -2.22. The Bertz CT molecular complexity index is 444. The molecule has 0 aliphatic carbocycles. The third-order valence-corrected chi connectivity index (χ3v) is 2.77. The lowest BCUT2D eigenvalue weighted by molar-refractivity contribution is 0.105. The zero-order valence-corrected chi connectivity index (χ0v) is 8.87. The van der Waals surface area contributed by atoms with Crippen LogP contribution in [0.2, 0.25) is 0 Å². The SMILES string of the molecule is OCC(O)CNc1ccc2nscc2c1. The van der Waals surface area contributed by atoms with E-state index in [4.69, 9.17) is 10.2 Å². The summed E-state index contributed by atoms with van der Waals surface area (Å²) in [5.41, 5.74) is 1.91. The number of fused-ring (bicyclic) bond motifs is 1. The average Bonchev–Trinajstić information content (AvgIpc) is 2.72. The number of anilines is 1. The number of nitrogens with one attached hydrogen (secondary N) is 1. The van der Waals surface area contributed by atoms with Gasteiger partial charge in [-0.05, 0) is 29.7 Å². The molecule has 15 heavy (non-hydrogen) atoms. The lowest BCUT2D eigenvalue weighted by Gasteiger charge is -2.09. The highest BCUT2D eigenvalue weighted by atomic mass is 32.1. The van der Waals surface area contributed by atoms with Crippen molar-refractivity contribution in [3.8, 4) is 0 Å². The molecule has 1 aromatic heterocycles. The summed E-state index contributed by atoms with van der Waals surface area (Å²) in [4.78, 5) is 0. The number of nitrogens with zero attached hydrogens (tertiary/aromatic N) is 1. The minimum absolute atomic E-state index is 0.227. The Morgan fingerprint density at radius 1 is 1.47 bits per heavy atom. The minimum Gasteiger partial charge on any atom is -0.394 e. The summed E-state index contributed by atoms with van der Waals surface area (Å²) >= 11 is 1.42. The van der Waals surface area contributed by atoms with Gasteiger partial charge in [-0.25, -0.2) is 0 Å². The van der Waals surface area contributed by atoms with E-state index in [1.807, 2.05) is 23.6 Å². The fourth-order valence-corrected chi connectivity index (χ4v) is 1.92. The Balaban J connectivity index is 2.08. The van der Waals surface area contributed by atoms with Crippen LogP contribution in [0.15, 0.2) is 23.6 Å². The number of rotatable bonds is 4. The van der Waals surface area contributed by atoms with Crippen molar-refractivity contribution in [2.24, 2.45) is 0 Å². The van der Waals surface area contributed by atoms with Crippen molar-refractivity contribution in [3.05, 3.63) is 23.6 Å². The second-order valence-electron chi connectivity index (χ2n) is 3.31. The molecule has 0 saturated carbocycles. The maximum Gasteiger partial charge on any atom is 0.0942 e. The van der Waals surface area contributed by atoms with Gasteiger partial charge in [-0.1, -0.05) is 0 Å². The van der Waals surface area contributed by atoms with Crippen LogP contribution in [0.4, 0.5) is 5.69 Å². The van der Waals surface area contributed by atoms with Crippen molar-refractivity contribution in [1.82, 2.24) is 4.37 Å². The molecule has 80 valence electrons. The second kappa shape index (κ2) is 4.57. The van der Waals surface area contributed by atoms with Crippen LogP contribution >= 0.6 is 11.5 Å². The Labute approximate surface area is 91.3 Å². The highest BCUT2D eigenvalue weighted by Crippen LogP contribution is 2.19. The van der Waals surface area contributed by atoms with Crippen LogP contribution in [0.5, 0.6) is 0 Å². The van der Waals surface area contributed by atoms with E-state index in [-0.39, 0.29) is 6.61 Å². The van der Waals surface area contributed by atoms with Crippen molar-refractivity contribution < 1.29 is 10.2 Å². The first kappa shape index (κ1) is 10.4. The molecule has 2 aromatic rings. The molecule has 0 saturated heterocycles. The molecule has 3 N–H and O–H groups in total. The maximum atomic E-state index is 9.17. The summed E-state index contributed by atoms with van der Waals surface area (Å²) in [5.74, 6) is 0. The van der Waals surface area contributed by atoms with Crippen LogP contribution in [-0.4, -0.2) is 33.8 Å². The first-order chi connectivity index (χ1) is 7.29. The number of aromatic nitrogens is 1. The Hall–Kier alpha value is -1.17. The Kier molecular flexibility index (Phi) is 3.15. The molecule has 5 heteroatoms. The average molecular weight is 224 g/mol.